The van der Waals surface area contributed by atoms with Gasteiger partial charge in [0.15, 0.2) is 5.78 Å². The van der Waals surface area contributed by atoms with Crippen molar-refractivity contribution in [1.29, 1.82) is 0 Å². The number of carbonyl (C=O) groups excluding carboxylic acids is 1. The van der Waals surface area contributed by atoms with Gasteiger partial charge in [-0.25, -0.2) is 0 Å². The molecule has 0 bridgehead atoms. The molecule has 5 rings (SSSR count). The van der Waals surface area contributed by atoms with Crippen LogP contribution in [0.15, 0.2) is 91.1 Å². The molecule has 0 spiro atoms. The van der Waals surface area contributed by atoms with Crippen LogP contribution in [0.4, 0.5) is 0 Å². The van der Waals surface area contributed by atoms with Gasteiger partial charge < -0.3 is 4.57 Å². The smallest absolute Gasteiger partial charge is 0.196 e. The lowest BCUT2D eigenvalue weighted by Crippen LogP contribution is -2.01. The lowest BCUT2D eigenvalue weighted by molar-refractivity contribution is 0.104. The molecule has 0 unspecified atom stereocenters. The van der Waals surface area contributed by atoms with Crippen molar-refractivity contribution in [2.24, 2.45) is 0 Å². The molecule has 0 saturated carbocycles. The summed E-state index contributed by atoms with van der Waals surface area (Å²) < 4.78 is 2.26. The number of rotatable bonds is 4. The summed E-state index contributed by atoms with van der Waals surface area (Å²) in [5, 5.41) is 0. The number of carbonyl (C=O) groups is 1. The number of benzene rings is 3. The fourth-order valence-corrected chi connectivity index (χ4v) is 4.00. The molecule has 2 nitrogen and oxygen atoms in total. The third kappa shape index (κ3) is 2.61. The van der Waals surface area contributed by atoms with Gasteiger partial charge in [-0.1, -0.05) is 84.9 Å². The van der Waals surface area contributed by atoms with Crippen LogP contribution >= 0.6 is 0 Å². The summed E-state index contributed by atoms with van der Waals surface area (Å²) in [4.78, 5) is 13.2. The molecule has 27 heavy (non-hydrogen) atoms. The first-order chi connectivity index (χ1) is 13.3. The quantitative estimate of drug-likeness (QED) is 0.413. The van der Waals surface area contributed by atoms with E-state index in [0.29, 0.717) is 0 Å². The van der Waals surface area contributed by atoms with Crippen molar-refractivity contribution in [3.63, 3.8) is 0 Å². The van der Waals surface area contributed by atoms with E-state index >= 15 is 0 Å². The van der Waals surface area contributed by atoms with Gasteiger partial charge in [0.25, 0.3) is 0 Å². The number of aromatic nitrogens is 1. The summed E-state index contributed by atoms with van der Waals surface area (Å²) >= 11 is 0. The maximum absolute atomic E-state index is 13.2. The Labute approximate surface area is 158 Å². The van der Waals surface area contributed by atoms with Gasteiger partial charge in [0, 0.05) is 29.4 Å². The first-order valence-electron chi connectivity index (χ1n) is 9.29. The molecule has 0 saturated heterocycles. The standard InChI is InChI=1S/C25H19NO/c27-25-21-14-8-7-13-20(21)24-23(25)22(19-11-5-2-6-12-19)17-26(24)16-15-18-9-3-1-4-10-18/h1-14,17H,15-16H2. The maximum Gasteiger partial charge on any atom is 0.196 e. The normalized spacial score (nSPS) is 12.1. The molecule has 3 aromatic carbocycles. The summed E-state index contributed by atoms with van der Waals surface area (Å²) in [6.07, 6.45) is 3.09. The van der Waals surface area contributed by atoms with Gasteiger partial charge in [-0.2, -0.15) is 0 Å². The van der Waals surface area contributed by atoms with Gasteiger partial charge in [0.1, 0.15) is 0 Å². The van der Waals surface area contributed by atoms with Gasteiger partial charge in [0.2, 0.25) is 0 Å². The summed E-state index contributed by atoms with van der Waals surface area (Å²) in [6.45, 7) is 0.848. The van der Waals surface area contributed by atoms with Crippen LogP contribution < -0.4 is 0 Å². The molecule has 1 aliphatic carbocycles. The summed E-state index contributed by atoms with van der Waals surface area (Å²) in [6, 6.07) is 28.7. The number of fused-ring (bicyclic) bond motifs is 3. The second-order valence-electron chi connectivity index (χ2n) is 6.94. The van der Waals surface area contributed by atoms with Crippen LogP contribution in [0.25, 0.3) is 22.4 Å². The molecule has 4 aromatic rings. The van der Waals surface area contributed by atoms with E-state index in [1.807, 2.05) is 42.5 Å². The SMILES string of the molecule is O=C1c2ccccc2-c2c1c(-c1ccccc1)cn2CCc1ccccc1. The van der Waals surface area contributed by atoms with Crippen LogP contribution in [0.1, 0.15) is 21.5 Å². The monoisotopic (exact) mass is 349 g/mol. The van der Waals surface area contributed by atoms with Crippen LogP contribution in [0.2, 0.25) is 0 Å². The Kier molecular flexibility index (Phi) is 3.75. The second kappa shape index (κ2) is 6.40. The zero-order valence-electron chi connectivity index (χ0n) is 14.9. The van der Waals surface area contributed by atoms with Gasteiger partial charge in [0.05, 0.1) is 11.3 Å². The first kappa shape index (κ1) is 15.8. The summed E-state index contributed by atoms with van der Waals surface area (Å²) in [5.74, 6) is 0.137. The van der Waals surface area contributed by atoms with Gasteiger partial charge in [-0.3, -0.25) is 4.79 Å². The number of aryl methyl sites for hydroxylation is 2. The molecule has 0 fully saturated rings. The molecule has 1 aromatic heterocycles. The Bertz CT molecular complexity index is 1120. The molecule has 1 heterocycles. The Morgan fingerprint density at radius 2 is 1.30 bits per heavy atom. The highest BCUT2D eigenvalue weighted by molar-refractivity contribution is 6.24. The van der Waals surface area contributed by atoms with Crippen molar-refractivity contribution in [3.8, 4) is 22.4 Å². The zero-order valence-corrected chi connectivity index (χ0v) is 14.9. The molecule has 0 amide bonds. The third-order valence-electron chi connectivity index (χ3n) is 5.30. The van der Waals surface area contributed by atoms with Gasteiger partial charge in [-0.15, -0.1) is 0 Å². The van der Waals surface area contributed by atoms with Crippen molar-refractivity contribution in [1.82, 2.24) is 4.57 Å². The largest absolute Gasteiger partial charge is 0.346 e. The van der Waals surface area contributed by atoms with E-state index in [4.69, 9.17) is 0 Å². The molecule has 0 radical (unpaired) electrons. The van der Waals surface area contributed by atoms with E-state index in [0.717, 1.165) is 46.5 Å². The number of ketones is 1. The third-order valence-corrected chi connectivity index (χ3v) is 5.30. The lowest BCUT2D eigenvalue weighted by atomic mass is 10.0. The molecular weight excluding hydrogens is 330 g/mol. The lowest BCUT2D eigenvalue weighted by Gasteiger charge is -2.09. The van der Waals surface area contributed by atoms with E-state index in [2.05, 4.69) is 53.2 Å². The summed E-state index contributed by atoms with van der Waals surface area (Å²) in [7, 11) is 0. The molecule has 0 aliphatic heterocycles. The van der Waals surface area contributed by atoms with Crippen LogP contribution in [0, 0.1) is 0 Å². The number of hydrogen-bond donors (Lipinski definition) is 0. The first-order valence-corrected chi connectivity index (χ1v) is 9.29. The highest BCUT2D eigenvalue weighted by Crippen LogP contribution is 2.43. The molecule has 2 heteroatoms. The zero-order chi connectivity index (χ0) is 18.2. The van der Waals surface area contributed by atoms with E-state index in [1.165, 1.54) is 5.56 Å². The van der Waals surface area contributed by atoms with E-state index in [1.54, 1.807) is 0 Å². The van der Waals surface area contributed by atoms with Crippen LogP contribution in [0.5, 0.6) is 0 Å². The predicted octanol–water partition coefficient (Wildman–Crippen LogP) is 5.61. The number of nitrogens with zero attached hydrogens (tertiary/aromatic N) is 1. The minimum absolute atomic E-state index is 0.137. The number of hydrogen-bond acceptors (Lipinski definition) is 1. The summed E-state index contributed by atoms with van der Waals surface area (Å²) in [5.41, 5.74) is 7.19. The van der Waals surface area contributed by atoms with Crippen LogP contribution in [0.3, 0.4) is 0 Å². The fourth-order valence-electron chi connectivity index (χ4n) is 4.00. The van der Waals surface area contributed by atoms with Crippen LogP contribution in [-0.2, 0) is 13.0 Å². The predicted molar refractivity (Wildman–Crippen MR) is 109 cm³/mol. The van der Waals surface area contributed by atoms with E-state index in [9.17, 15) is 4.79 Å². The Balaban J connectivity index is 1.64. The minimum atomic E-state index is 0.137. The van der Waals surface area contributed by atoms with E-state index < -0.39 is 0 Å². The molecule has 130 valence electrons. The van der Waals surface area contributed by atoms with Gasteiger partial charge in [-0.05, 0) is 17.5 Å². The highest BCUT2D eigenvalue weighted by Gasteiger charge is 2.33. The Hall–Kier alpha value is -3.39. The topological polar surface area (TPSA) is 22.0 Å². The van der Waals surface area contributed by atoms with Crippen molar-refractivity contribution in [2.75, 3.05) is 0 Å². The molecule has 0 N–H and O–H groups in total. The average molecular weight is 349 g/mol. The molecule has 1 aliphatic rings. The van der Waals surface area contributed by atoms with Crippen molar-refractivity contribution >= 4 is 5.78 Å². The maximum atomic E-state index is 13.2. The Morgan fingerprint density at radius 3 is 2.04 bits per heavy atom. The van der Waals surface area contributed by atoms with Crippen molar-refractivity contribution < 1.29 is 4.79 Å². The van der Waals surface area contributed by atoms with E-state index in [-0.39, 0.29) is 5.78 Å². The van der Waals surface area contributed by atoms with Crippen molar-refractivity contribution in [3.05, 3.63) is 108 Å². The van der Waals surface area contributed by atoms with Crippen LogP contribution in [-0.4, -0.2) is 10.4 Å². The fraction of sp³-hybridized carbons (Fsp3) is 0.0800. The highest BCUT2D eigenvalue weighted by atomic mass is 16.1. The molecule has 0 atom stereocenters. The van der Waals surface area contributed by atoms with Gasteiger partial charge >= 0.3 is 0 Å². The Morgan fingerprint density at radius 1 is 0.667 bits per heavy atom. The van der Waals surface area contributed by atoms with Crippen molar-refractivity contribution in [2.45, 2.75) is 13.0 Å². The minimum Gasteiger partial charge on any atom is -0.346 e. The molecular formula is C25H19NO. The second-order valence-corrected chi connectivity index (χ2v) is 6.94. The average Bonchev–Trinajstić information content (AvgIpc) is 3.25.